The largest absolute Gasteiger partial charge is 0.456 e. The highest BCUT2D eigenvalue weighted by molar-refractivity contribution is 5.86. The van der Waals surface area contributed by atoms with Crippen molar-refractivity contribution in [3.8, 4) is 0 Å². The Kier molecular flexibility index (Phi) is 6.27. The lowest BCUT2D eigenvalue weighted by Gasteiger charge is -2.68. The maximum atomic E-state index is 13.7. The molecule has 2 N–H and O–H groups in total. The number of carbonyl (C=O) groups is 2. The number of esters is 1. The SMILES string of the molecule is C=C[C@@]1(C)CC(=O)[C@H]2[C@](C)(O1)[C@@H](OC(=O)CCCC)[C@@H](O)[C@H]1C(C)(C)CC[C@H](O)[C@@]12C. The van der Waals surface area contributed by atoms with Gasteiger partial charge in [-0.2, -0.15) is 0 Å². The maximum Gasteiger partial charge on any atom is 0.306 e. The molecule has 6 nitrogen and oxygen atoms in total. The van der Waals surface area contributed by atoms with Gasteiger partial charge in [-0.1, -0.05) is 40.2 Å². The van der Waals surface area contributed by atoms with Gasteiger partial charge in [0.25, 0.3) is 0 Å². The number of aliphatic hydroxyl groups excluding tert-OH is 2. The van der Waals surface area contributed by atoms with E-state index in [1.54, 1.807) is 19.9 Å². The Bertz CT molecular complexity index is 746. The van der Waals surface area contributed by atoms with E-state index in [0.717, 1.165) is 6.42 Å². The molecule has 2 saturated carbocycles. The molecular formula is C25H40O6. The first-order valence-corrected chi connectivity index (χ1v) is 11.7. The van der Waals surface area contributed by atoms with Gasteiger partial charge in [0.1, 0.15) is 11.4 Å². The average molecular weight is 437 g/mol. The molecule has 3 rings (SSSR count). The minimum absolute atomic E-state index is 0.0399. The number of unbranched alkanes of at least 4 members (excludes halogenated alkanes) is 1. The van der Waals surface area contributed by atoms with Gasteiger partial charge in [0.15, 0.2) is 6.10 Å². The summed E-state index contributed by atoms with van der Waals surface area (Å²) in [4.78, 5) is 26.3. The van der Waals surface area contributed by atoms with Crippen LogP contribution in [0.1, 0.15) is 80.1 Å². The summed E-state index contributed by atoms with van der Waals surface area (Å²) in [6.45, 7) is 15.4. The highest BCUT2D eigenvalue weighted by Crippen LogP contribution is 2.65. The number of hydrogen-bond acceptors (Lipinski definition) is 6. The molecule has 6 heteroatoms. The van der Waals surface area contributed by atoms with Crippen LogP contribution in [0, 0.1) is 22.7 Å². The average Bonchev–Trinajstić information content (AvgIpc) is 2.65. The Morgan fingerprint density at radius 3 is 2.48 bits per heavy atom. The second kappa shape index (κ2) is 7.96. The standard InChI is InChI=1S/C25H40O6/c1-8-10-11-17(28)30-21-18(29)20-22(3,4)13-12-16(27)24(20,6)19-15(26)14-23(5,9-2)31-25(19,21)7/h9,16,18-21,27,29H,2,8,10-14H2,1,3-7H3/t16-,18-,19+,20-,21-,23-,24+,25-/m0/s1. The van der Waals surface area contributed by atoms with E-state index in [9.17, 15) is 19.8 Å². The molecule has 1 saturated heterocycles. The number of carbonyl (C=O) groups excluding carboxylic acids is 2. The predicted molar refractivity (Wildman–Crippen MR) is 117 cm³/mol. The fraction of sp³-hybridized carbons (Fsp3) is 0.840. The molecule has 0 bridgehead atoms. The van der Waals surface area contributed by atoms with Crippen molar-refractivity contribution in [2.75, 3.05) is 0 Å². The Morgan fingerprint density at radius 2 is 1.90 bits per heavy atom. The highest BCUT2D eigenvalue weighted by Gasteiger charge is 2.73. The van der Waals surface area contributed by atoms with Crippen LogP contribution in [0.15, 0.2) is 12.7 Å². The molecule has 176 valence electrons. The Balaban J connectivity index is 2.15. The van der Waals surface area contributed by atoms with E-state index in [2.05, 4.69) is 20.4 Å². The summed E-state index contributed by atoms with van der Waals surface area (Å²) >= 11 is 0. The van der Waals surface area contributed by atoms with Crippen molar-refractivity contribution >= 4 is 11.8 Å². The number of rotatable bonds is 5. The first-order chi connectivity index (χ1) is 14.3. The molecule has 8 atom stereocenters. The lowest BCUT2D eigenvalue weighted by molar-refractivity contribution is -0.321. The topological polar surface area (TPSA) is 93.1 Å². The monoisotopic (exact) mass is 436 g/mol. The van der Waals surface area contributed by atoms with Crippen molar-refractivity contribution in [3.63, 3.8) is 0 Å². The Labute approximate surface area is 186 Å². The van der Waals surface area contributed by atoms with E-state index in [-0.39, 0.29) is 24.0 Å². The maximum absolute atomic E-state index is 13.7. The van der Waals surface area contributed by atoms with Gasteiger partial charge >= 0.3 is 5.97 Å². The molecule has 0 radical (unpaired) electrons. The predicted octanol–water partition coefficient (Wildman–Crippen LogP) is 3.58. The number of ether oxygens (including phenoxy) is 2. The van der Waals surface area contributed by atoms with Crippen molar-refractivity contribution in [3.05, 3.63) is 12.7 Å². The molecule has 3 fully saturated rings. The van der Waals surface area contributed by atoms with E-state index in [4.69, 9.17) is 9.47 Å². The van der Waals surface area contributed by atoms with Crippen LogP contribution in [0.4, 0.5) is 0 Å². The van der Waals surface area contributed by atoms with Gasteiger partial charge in [0.2, 0.25) is 0 Å². The molecule has 3 aliphatic rings. The second-order valence-electron chi connectivity index (χ2n) is 11.3. The zero-order valence-electron chi connectivity index (χ0n) is 19.9. The van der Waals surface area contributed by atoms with E-state index >= 15 is 0 Å². The summed E-state index contributed by atoms with van der Waals surface area (Å²) in [6.07, 6.45) is 1.96. The molecule has 31 heavy (non-hydrogen) atoms. The van der Waals surface area contributed by atoms with Crippen LogP contribution in [-0.2, 0) is 19.1 Å². The molecule has 1 aliphatic heterocycles. The highest BCUT2D eigenvalue weighted by atomic mass is 16.6. The lowest BCUT2D eigenvalue weighted by Crippen LogP contribution is -2.77. The molecule has 1 heterocycles. The van der Waals surface area contributed by atoms with Crippen molar-refractivity contribution in [1.82, 2.24) is 0 Å². The third-order valence-electron chi connectivity index (χ3n) is 8.43. The molecule has 0 aromatic heterocycles. The molecule has 0 unspecified atom stereocenters. The van der Waals surface area contributed by atoms with Crippen molar-refractivity contribution in [2.24, 2.45) is 22.7 Å². The molecule has 2 aliphatic carbocycles. The summed E-state index contributed by atoms with van der Waals surface area (Å²) in [6, 6.07) is 0. The smallest absolute Gasteiger partial charge is 0.306 e. The van der Waals surface area contributed by atoms with Crippen LogP contribution < -0.4 is 0 Å². The minimum Gasteiger partial charge on any atom is -0.456 e. The van der Waals surface area contributed by atoms with Crippen LogP contribution in [0.2, 0.25) is 0 Å². The van der Waals surface area contributed by atoms with Gasteiger partial charge in [-0.15, -0.1) is 6.58 Å². The summed E-state index contributed by atoms with van der Waals surface area (Å²) in [5.74, 6) is -1.57. The normalized spacial score (nSPS) is 46.6. The third kappa shape index (κ3) is 3.68. The van der Waals surface area contributed by atoms with Crippen molar-refractivity contribution < 1.29 is 29.3 Å². The summed E-state index contributed by atoms with van der Waals surface area (Å²) < 4.78 is 12.4. The van der Waals surface area contributed by atoms with Crippen molar-refractivity contribution in [1.29, 1.82) is 0 Å². The van der Waals surface area contributed by atoms with Gasteiger partial charge in [0.05, 0.1) is 23.7 Å². The van der Waals surface area contributed by atoms with Gasteiger partial charge in [-0.3, -0.25) is 9.59 Å². The van der Waals surface area contributed by atoms with E-state index < -0.39 is 52.7 Å². The van der Waals surface area contributed by atoms with Crippen LogP contribution in [0.25, 0.3) is 0 Å². The molecule has 0 aromatic carbocycles. The number of Topliss-reactive ketones (excluding diaryl/α,β-unsaturated/α-hetero) is 1. The summed E-state index contributed by atoms with van der Waals surface area (Å²) in [7, 11) is 0. The number of hydrogen-bond donors (Lipinski definition) is 2. The summed E-state index contributed by atoms with van der Waals surface area (Å²) in [5.41, 5.74) is -3.46. The zero-order valence-corrected chi connectivity index (χ0v) is 19.9. The van der Waals surface area contributed by atoms with E-state index in [1.807, 2.05) is 13.8 Å². The van der Waals surface area contributed by atoms with Crippen molar-refractivity contribution in [2.45, 2.75) is 110 Å². The fourth-order valence-corrected chi connectivity index (χ4v) is 7.11. The number of aliphatic hydroxyl groups is 2. The molecule has 0 spiro atoms. The number of fused-ring (bicyclic) bond motifs is 3. The van der Waals surface area contributed by atoms with Gasteiger partial charge < -0.3 is 19.7 Å². The molecular weight excluding hydrogens is 396 g/mol. The van der Waals surface area contributed by atoms with Gasteiger partial charge in [-0.25, -0.2) is 0 Å². The molecule has 0 aromatic rings. The zero-order chi connectivity index (χ0) is 23.4. The van der Waals surface area contributed by atoms with Gasteiger partial charge in [-0.05, 0) is 38.5 Å². The Hall–Kier alpha value is -1.24. The minimum atomic E-state index is -1.28. The quantitative estimate of drug-likeness (QED) is 0.505. The first kappa shape index (κ1) is 24.4. The molecule has 0 amide bonds. The summed E-state index contributed by atoms with van der Waals surface area (Å²) in [5, 5.41) is 22.9. The second-order valence-corrected chi connectivity index (χ2v) is 11.3. The van der Waals surface area contributed by atoms with Crippen LogP contribution >= 0.6 is 0 Å². The van der Waals surface area contributed by atoms with E-state index in [0.29, 0.717) is 19.3 Å². The first-order valence-electron chi connectivity index (χ1n) is 11.7. The van der Waals surface area contributed by atoms with Gasteiger partial charge in [0, 0.05) is 24.2 Å². The van der Waals surface area contributed by atoms with Crippen LogP contribution in [0.5, 0.6) is 0 Å². The van der Waals surface area contributed by atoms with Crippen LogP contribution in [0.3, 0.4) is 0 Å². The fourth-order valence-electron chi connectivity index (χ4n) is 7.11. The lowest BCUT2D eigenvalue weighted by atomic mass is 9.41. The Morgan fingerprint density at radius 1 is 1.26 bits per heavy atom. The van der Waals surface area contributed by atoms with Crippen LogP contribution in [-0.4, -0.2) is 51.5 Å². The number of ketones is 1. The van der Waals surface area contributed by atoms with E-state index in [1.165, 1.54) is 0 Å². The third-order valence-corrected chi connectivity index (χ3v) is 8.43.